The molecule has 1 aromatic carbocycles. The van der Waals surface area contributed by atoms with Gasteiger partial charge in [0.15, 0.2) is 5.76 Å². The molecule has 1 atom stereocenters. The van der Waals surface area contributed by atoms with Crippen LogP contribution in [0.4, 0.5) is 0 Å². The van der Waals surface area contributed by atoms with Gasteiger partial charge in [0.1, 0.15) is 5.01 Å². The normalized spacial score (nSPS) is 16.3. The summed E-state index contributed by atoms with van der Waals surface area (Å²) in [4.78, 5) is 34.1. The fourth-order valence-electron chi connectivity index (χ4n) is 3.85. The van der Waals surface area contributed by atoms with Gasteiger partial charge in [-0.3, -0.25) is 9.59 Å². The van der Waals surface area contributed by atoms with Gasteiger partial charge in [-0.1, -0.05) is 36.4 Å². The number of aliphatic hydroxyl groups excluding tert-OH is 1. The zero-order valence-electron chi connectivity index (χ0n) is 18.8. The molecule has 3 aromatic rings. The van der Waals surface area contributed by atoms with E-state index in [9.17, 15) is 14.7 Å². The number of aliphatic hydroxyl groups is 1. The van der Waals surface area contributed by atoms with Crippen LogP contribution in [-0.4, -0.2) is 45.9 Å². The molecular weight excluding hydrogens is 456 g/mol. The SMILES string of the molecule is Cc1nc(-c2ccccc2)sc1C(=O)C1=C(O)C(=O)N(CCCOC(C)C)C1c1cccs1. The predicted octanol–water partition coefficient (Wildman–Crippen LogP) is 5.57. The van der Waals surface area contributed by atoms with E-state index in [4.69, 9.17) is 4.74 Å². The second-order valence-electron chi connectivity index (χ2n) is 8.08. The molecule has 0 radical (unpaired) electrons. The van der Waals surface area contributed by atoms with Gasteiger partial charge in [-0.2, -0.15) is 0 Å². The number of aryl methyl sites for hydroxylation is 1. The van der Waals surface area contributed by atoms with E-state index in [-0.39, 0.29) is 17.5 Å². The first kappa shape index (κ1) is 23.4. The fourth-order valence-corrected chi connectivity index (χ4v) is 5.72. The Morgan fingerprint density at radius 2 is 1.97 bits per heavy atom. The van der Waals surface area contributed by atoms with E-state index in [1.807, 2.05) is 61.7 Å². The number of carbonyl (C=O) groups is 2. The lowest BCUT2D eigenvalue weighted by Gasteiger charge is -2.25. The van der Waals surface area contributed by atoms with Crippen LogP contribution in [0.3, 0.4) is 0 Å². The van der Waals surface area contributed by atoms with Gasteiger partial charge in [-0.05, 0) is 38.6 Å². The Morgan fingerprint density at radius 3 is 2.64 bits per heavy atom. The zero-order valence-corrected chi connectivity index (χ0v) is 20.4. The highest BCUT2D eigenvalue weighted by Gasteiger charge is 2.44. The molecule has 0 spiro atoms. The number of rotatable bonds is 9. The highest BCUT2D eigenvalue weighted by molar-refractivity contribution is 7.17. The van der Waals surface area contributed by atoms with Crippen molar-refractivity contribution in [1.29, 1.82) is 0 Å². The Hall–Kier alpha value is -2.81. The second kappa shape index (κ2) is 9.99. The molecule has 8 heteroatoms. The summed E-state index contributed by atoms with van der Waals surface area (Å²) in [5.41, 5.74) is 1.64. The summed E-state index contributed by atoms with van der Waals surface area (Å²) in [6, 6.07) is 12.8. The maximum Gasteiger partial charge on any atom is 0.290 e. The van der Waals surface area contributed by atoms with E-state index in [0.29, 0.717) is 30.1 Å². The van der Waals surface area contributed by atoms with Crippen molar-refractivity contribution in [2.75, 3.05) is 13.2 Å². The summed E-state index contributed by atoms with van der Waals surface area (Å²) in [5, 5.41) is 13.5. The lowest BCUT2D eigenvalue weighted by atomic mass is 10.0. The van der Waals surface area contributed by atoms with Crippen LogP contribution >= 0.6 is 22.7 Å². The van der Waals surface area contributed by atoms with Gasteiger partial charge in [0.25, 0.3) is 5.91 Å². The molecule has 6 nitrogen and oxygen atoms in total. The van der Waals surface area contributed by atoms with E-state index < -0.39 is 17.7 Å². The molecule has 3 heterocycles. The Bertz CT molecular complexity index is 1170. The second-order valence-corrected chi connectivity index (χ2v) is 10.1. The number of thiazole rings is 1. The number of amides is 1. The third-order valence-corrected chi connectivity index (χ3v) is 7.51. The lowest BCUT2D eigenvalue weighted by Crippen LogP contribution is -2.32. The summed E-state index contributed by atoms with van der Waals surface area (Å²) in [6.07, 6.45) is 0.710. The van der Waals surface area contributed by atoms with Gasteiger partial charge in [0, 0.05) is 23.6 Å². The number of hydrogen-bond donors (Lipinski definition) is 1. The van der Waals surface area contributed by atoms with E-state index in [2.05, 4.69) is 4.98 Å². The first-order valence-electron chi connectivity index (χ1n) is 10.8. The first-order chi connectivity index (χ1) is 15.9. The average Bonchev–Trinajstić information content (AvgIpc) is 3.52. The smallest absolute Gasteiger partial charge is 0.290 e. The van der Waals surface area contributed by atoms with E-state index in [0.717, 1.165) is 15.4 Å². The molecule has 1 unspecified atom stereocenters. The summed E-state index contributed by atoms with van der Waals surface area (Å²) >= 11 is 2.74. The van der Waals surface area contributed by atoms with Crippen molar-refractivity contribution in [2.24, 2.45) is 0 Å². The molecule has 4 rings (SSSR count). The van der Waals surface area contributed by atoms with Crippen molar-refractivity contribution in [3.05, 3.63) is 74.6 Å². The maximum absolute atomic E-state index is 13.7. The molecule has 172 valence electrons. The highest BCUT2D eigenvalue weighted by Crippen LogP contribution is 2.42. The van der Waals surface area contributed by atoms with Crippen LogP contribution in [0, 0.1) is 6.92 Å². The topological polar surface area (TPSA) is 79.7 Å². The van der Waals surface area contributed by atoms with Crippen molar-refractivity contribution < 1.29 is 19.4 Å². The highest BCUT2D eigenvalue weighted by atomic mass is 32.1. The van der Waals surface area contributed by atoms with E-state index in [1.165, 1.54) is 22.7 Å². The predicted molar refractivity (Wildman–Crippen MR) is 131 cm³/mol. The molecular formula is C25H26N2O4S2. The van der Waals surface area contributed by atoms with Crippen LogP contribution in [0.5, 0.6) is 0 Å². The first-order valence-corrected chi connectivity index (χ1v) is 12.5. The number of thiophene rings is 1. The minimum absolute atomic E-state index is 0.101. The molecule has 0 saturated carbocycles. The zero-order chi connectivity index (χ0) is 23.5. The standard InChI is InChI=1S/C25H26N2O4S2/c1-15(2)31-13-8-12-27-20(18-11-7-14-32-18)19(22(29)25(27)30)21(28)23-16(3)26-24(33-23)17-9-5-4-6-10-17/h4-7,9-11,14-15,20,29H,8,12-13H2,1-3H3. The Morgan fingerprint density at radius 1 is 1.21 bits per heavy atom. The van der Waals surface area contributed by atoms with Crippen LogP contribution in [0.15, 0.2) is 59.2 Å². The molecule has 0 saturated heterocycles. The van der Waals surface area contributed by atoms with Crippen LogP contribution in [0.2, 0.25) is 0 Å². The van der Waals surface area contributed by atoms with Gasteiger partial charge in [-0.25, -0.2) is 4.98 Å². The number of carbonyl (C=O) groups excluding carboxylic acids is 2. The number of nitrogens with zero attached hydrogens (tertiary/aromatic N) is 2. The van der Waals surface area contributed by atoms with Crippen molar-refractivity contribution in [3.63, 3.8) is 0 Å². The summed E-state index contributed by atoms with van der Waals surface area (Å²) < 4.78 is 5.61. The van der Waals surface area contributed by atoms with Crippen LogP contribution in [-0.2, 0) is 9.53 Å². The van der Waals surface area contributed by atoms with Gasteiger partial charge in [0.2, 0.25) is 5.78 Å². The maximum atomic E-state index is 13.7. The molecule has 1 amide bonds. The van der Waals surface area contributed by atoms with Crippen LogP contribution < -0.4 is 0 Å². The molecule has 2 aromatic heterocycles. The third kappa shape index (κ3) is 4.78. The number of ether oxygens (including phenoxy) is 1. The molecule has 33 heavy (non-hydrogen) atoms. The average molecular weight is 483 g/mol. The number of hydrogen-bond acceptors (Lipinski definition) is 7. The fraction of sp³-hybridized carbons (Fsp3) is 0.320. The lowest BCUT2D eigenvalue weighted by molar-refractivity contribution is -0.129. The molecule has 0 aliphatic carbocycles. The molecule has 1 aliphatic rings. The van der Waals surface area contributed by atoms with Gasteiger partial charge in [0.05, 0.1) is 28.3 Å². The van der Waals surface area contributed by atoms with E-state index in [1.54, 1.807) is 11.8 Å². The number of Topliss-reactive ketones (excluding diaryl/α,β-unsaturated/α-hetero) is 1. The molecule has 0 bridgehead atoms. The van der Waals surface area contributed by atoms with Crippen molar-refractivity contribution in [1.82, 2.24) is 9.88 Å². The summed E-state index contributed by atoms with van der Waals surface area (Å²) in [7, 11) is 0. The molecule has 1 N–H and O–H groups in total. The van der Waals surface area contributed by atoms with Crippen molar-refractivity contribution in [3.8, 4) is 10.6 Å². The Balaban J connectivity index is 1.66. The number of benzene rings is 1. The van der Waals surface area contributed by atoms with Crippen LogP contribution in [0.25, 0.3) is 10.6 Å². The molecule has 1 aliphatic heterocycles. The van der Waals surface area contributed by atoms with Crippen LogP contribution in [0.1, 0.15) is 46.6 Å². The summed E-state index contributed by atoms with van der Waals surface area (Å²) in [5.74, 6) is -1.35. The quantitative estimate of drug-likeness (QED) is 0.318. The number of ketones is 1. The monoisotopic (exact) mass is 482 g/mol. The van der Waals surface area contributed by atoms with E-state index >= 15 is 0 Å². The number of aromatic nitrogens is 1. The van der Waals surface area contributed by atoms with Crippen molar-refractivity contribution in [2.45, 2.75) is 39.3 Å². The minimum atomic E-state index is -0.620. The summed E-state index contributed by atoms with van der Waals surface area (Å²) in [6.45, 7) is 6.58. The Labute approximate surface area is 201 Å². The van der Waals surface area contributed by atoms with Gasteiger partial charge >= 0.3 is 0 Å². The van der Waals surface area contributed by atoms with Gasteiger partial charge < -0.3 is 14.7 Å². The molecule has 0 fully saturated rings. The minimum Gasteiger partial charge on any atom is -0.503 e. The Kier molecular flexibility index (Phi) is 7.07. The van der Waals surface area contributed by atoms with Crippen molar-refractivity contribution >= 4 is 34.4 Å². The van der Waals surface area contributed by atoms with Gasteiger partial charge in [-0.15, -0.1) is 22.7 Å². The largest absolute Gasteiger partial charge is 0.503 e. The third-order valence-electron chi connectivity index (χ3n) is 5.38.